The Hall–Kier alpha value is -1.40. The Morgan fingerprint density at radius 2 is 1.93 bits per heavy atom. The molecule has 0 fully saturated rings. The average molecular weight is 229 g/mol. The van der Waals surface area contributed by atoms with Crippen molar-refractivity contribution in [2.75, 3.05) is 6.54 Å². The molecule has 0 saturated carbocycles. The van der Waals surface area contributed by atoms with Gasteiger partial charge in [0.2, 0.25) is 0 Å². The zero-order valence-corrected chi connectivity index (χ0v) is 8.94. The van der Waals surface area contributed by atoms with E-state index in [0.717, 1.165) is 0 Å². The number of nitrogens with zero attached hydrogens (tertiary/aromatic N) is 1. The zero-order chi connectivity index (χ0) is 11.5. The molecule has 0 spiro atoms. The third kappa shape index (κ3) is 2.77. The van der Waals surface area contributed by atoms with E-state index in [1.54, 1.807) is 18.2 Å². The van der Waals surface area contributed by atoms with Gasteiger partial charge < -0.3 is 5.21 Å². The molecule has 5 nitrogen and oxygen atoms in total. The Morgan fingerprint density at radius 3 is 2.33 bits per heavy atom. The molecule has 0 aliphatic heterocycles. The van der Waals surface area contributed by atoms with Crippen molar-refractivity contribution in [2.24, 2.45) is 0 Å². The van der Waals surface area contributed by atoms with E-state index in [0.29, 0.717) is 0 Å². The maximum atomic E-state index is 11.3. The third-order valence-electron chi connectivity index (χ3n) is 1.78. The van der Waals surface area contributed by atoms with E-state index in [4.69, 9.17) is 4.55 Å². The highest BCUT2D eigenvalue weighted by molar-refractivity contribution is 8.01. The molecule has 0 bridgehead atoms. The van der Waals surface area contributed by atoms with Crippen LogP contribution in [0.5, 0.6) is 0 Å². The van der Waals surface area contributed by atoms with Gasteiger partial charge >= 0.3 is 15.2 Å². The van der Waals surface area contributed by atoms with Gasteiger partial charge in [-0.3, -0.25) is 4.55 Å². The summed E-state index contributed by atoms with van der Waals surface area (Å²) in [6.45, 7) is 1.45. The molecule has 0 aliphatic rings. The van der Waals surface area contributed by atoms with Crippen molar-refractivity contribution in [1.82, 2.24) is 0 Å². The Kier molecular flexibility index (Phi) is 3.43. The van der Waals surface area contributed by atoms with Gasteiger partial charge in [-0.2, -0.15) is 13.2 Å². The lowest BCUT2D eigenvalue weighted by Crippen LogP contribution is -2.25. The minimum atomic E-state index is -4.50. The summed E-state index contributed by atoms with van der Waals surface area (Å²) in [7, 11) is -4.50. The first-order valence-corrected chi connectivity index (χ1v) is 5.75. The summed E-state index contributed by atoms with van der Waals surface area (Å²) in [5.74, 6) is 0. The van der Waals surface area contributed by atoms with E-state index < -0.39 is 15.2 Å². The maximum Gasteiger partial charge on any atom is 0.356 e. The van der Waals surface area contributed by atoms with Gasteiger partial charge in [0.05, 0.1) is 5.56 Å². The SMILES string of the molecule is CC[N+]([O-])=C(c1ccccc1)S(=O)(=O)O. The van der Waals surface area contributed by atoms with Gasteiger partial charge in [0, 0.05) is 0 Å². The molecule has 1 aromatic carbocycles. The number of benzene rings is 1. The van der Waals surface area contributed by atoms with Crippen LogP contribution in [0.2, 0.25) is 0 Å². The quantitative estimate of drug-likeness (QED) is 0.203. The fraction of sp³-hybridized carbons (Fsp3) is 0.222. The van der Waals surface area contributed by atoms with Gasteiger partial charge in [0.15, 0.2) is 6.54 Å². The number of hydrogen-bond acceptors (Lipinski definition) is 3. The molecule has 6 heteroatoms. The Balaban J connectivity index is 3.41. The smallest absolute Gasteiger partial charge is 0.356 e. The van der Waals surface area contributed by atoms with Crippen molar-refractivity contribution in [1.29, 1.82) is 0 Å². The standard InChI is InChI=1S/C9H11NO4S/c1-2-10(11)9(15(12,13)14)8-6-4-3-5-7-8/h3-7H,2H2,1H3,(H,12,13,14). The van der Waals surface area contributed by atoms with Gasteiger partial charge in [0.1, 0.15) is 0 Å². The highest BCUT2D eigenvalue weighted by Gasteiger charge is 2.26. The zero-order valence-electron chi connectivity index (χ0n) is 8.12. The molecule has 0 heterocycles. The van der Waals surface area contributed by atoms with Gasteiger partial charge in [-0.15, -0.1) is 0 Å². The predicted molar refractivity (Wildman–Crippen MR) is 56.3 cm³/mol. The van der Waals surface area contributed by atoms with Crippen LogP contribution in [0.1, 0.15) is 12.5 Å². The first-order valence-electron chi connectivity index (χ1n) is 4.31. The molecule has 0 aromatic heterocycles. The second-order valence-electron chi connectivity index (χ2n) is 2.84. The molecule has 1 aromatic rings. The van der Waals surface area contributed by atoms with Crippen molar-refractivity contribution >= 4 is 15.2 Å². The maximum absolute atomic E-state index is 11.3. The minimum Gasteiger partial charge on any atom is -0.623 e. The second kappa shape index (κ2) is 4.41. The molecule has 0 saturated heterocycles. The van der Waals surface area contributed by atoms with E-state index >= 15 is 0 Å². The summed E-state index contributed by atoms with van der Waals surface area (Å²) in [6.07, 6.45) is 0. The van der Waals surface area contributed by atoms with Crippen molar-refractivity contribution in [2.45, 2.75) is 6.92 Å². The van der Waals surface area contributed by atoms with Crippen LogP contribution in [-0.2, 0) is 10.1 Å². The summed E-state index contributed by atoms with van der Waals surface area (Å²) >= 11 is 0. The van der Waals surface area contributed by atoms with Crippen molar-refractivity contribution in [3.63, 3.8) is 0 Å². The topological polar surface area (TPSA) is 80.4 Å². The molecule has 0 radical (unpaired) electrons. The van der Waals surface area contributed by atoms with Gasteiger partial charge in [-0.1, -0.05) is 18.2 Å². The third-order valence-corrected chi connectivity index (χ3v) is 2.71. The lowest BCUT2D eigenvalue weighted by Gasteiger charge is -2.06. The van der Waals surface area contributed by atoms with Crippen molar-refractivity contribution in [3.05, 3.63) is 41.1 Å². The van der Waals surface area contributed by atoms with Crippen LogP contribution in [0.25, 0.3) is 0 Å². The van der Waals surface area contributed by atoms with Crippen LogP contribution in [0.15, 0.2) is 30.3 Å². The van der Waals surface area contributed by atoms with Crippen molar-refractivity contribution < 1.29 is 17.7 Å². The van der Waals surface area contributed by atoms with Crippen molar-refractivity contribution in [3.8, 4) is 0 Å². The van der Waals surface area contributed by atoms with Crippen LogP contribution >= 0.6 is 0 Å². The lowest BCUT2D eigenvalue weighted by molar-refractivity contribution is -0.450. The second-order valence-corrected chi connectivity index (χ2v) is 4.18. The molecule has 0 atom stereocenters. The highest BCUT2D eigenvalue weighted by Crippen LogP contribution is 2.05. The molecule has 0 amide bonds. The molecular weight excluding hydrogens is 218 g/mol. The van der Waals surface area contributed by atoms with E-state index in [2.05, 4.69) is 0 Å². The van der Waals surface area contributed by atoms with E-state index in [-0.39, 0.29) is 16.8 Å². The van der Waals surface area contributed by atoms with Crippen LogP contribution in [0.3, 0.4) is 0 Å². The molecule has 82 valence electrons. The summed E-state index contributed by atoms with van der Waals surface area (Å²) in [5, 5.41) is 10.7. The van der Waals surface area contributed by atoms with Gasteiger partial charge in [-0.05, 0) is 19.1 Å². The van der Waals surface area contributed by atoms with Gasteiger partial charge in [0.25, 0.3) is 0 Å². The van der Waals surface area contributed by atoms with E-state index in [1.807, 2.05) is 0 Å². The predicted octanol–water partition coefficient (Wildman–Crippen LogP) is 0.851. The molecule has 15 heavy (non-hydrogen) atoms. The number of hydrogen-bond donors (Lipinski definition) is 1. The average Bonchev–Trinajstić information content (AvgIpc) is 2.17. The molecule has 0 aliphatic carbocycles. The number of rotatable bonds is 2. The van der Waals surface area contributed by atoms with Crippen LogP contribution < -0.4 is 0 Å². The Bertz CT molecular complexity index is 464. The highest BCUT2D eigenvalue weighted by atomic mass is 32.2. The first-order chi connectivity index (χ1) is 6.96. The van der Waals surface area contributed by atoms with E-state index in [9.17, 15) is 13.6 Å². The molecule has 0 unspecified atom stereocenters. The largest absolute Gasteiger partial charge is 0.623 e. The Morgan fingerprint density at radius 1 is 1.40 bits per heavy atom. The van der Waals surface area contributed by atoms with Gasteiger partial charge in [-0.25, -0.2) is 0 Å². The van der Waals surface area contributed by atoms with Crippen LogP contribution in [0.4, 0.5) is 0 Å². The summed E-state index contributed by atoms with van der Waals surface area (Å²) in [6, 6.07) is 7.76. The molecule has 1 rings (SSSR count). The minimum absolute atomic E-state index is 0.0516. The number of hydroxylamine groups is 1. The normalized spacial score (nSPS) is 13.5. The summed E-state index contributed by atoms with van der Waals surface area (Å²) in [4.78, 5) is 0. The lowest BCUT2D eigenvalue weighted by atomic mass is 10.2. The van der Waals surface area contributed by atoms with Crippen LogP contribution in [0, 0.1) is 5.21 Å². The molecule has 1 N–H and O–H groups in total. The van der Waals surface area contributed by atoms with Crippen LogP contribution in [-0.4, -0.2) is 29.3 Å². The van der Waals surface area contributed by atoms with E-state index in [1.165, 1.54) is 19.1 Å². The monoisotopic (exact) mass is 229 g/mol. The summed E-state index contributed by atoms with van der Waals surface area (Å²) < 4.78 is 31.2. The first kappa shape index (κ1) is 11.7. The fourth-order valence-electron chi connectivity index (χ4n) is 1.15. The Labute approximate surface area is 88.0 Å². The fourth-order valence-corrected chi connectivity index (χ4v) is 1.97. The molecular formula is C9H11NO4S. The summed E-state index contributed by atoms with van der Waals surface area (Å²) in [5.41, 5.74) is 0.178.